The van der Waals surface area contributed by atoms with Crippen LogP contribution in [-0.2, 0) is 0 Å². The third-order valence-electron chi connectivity index (χ3n) is 3.64. The Balaban J connectivity index is 2.26. The summed E-state index contributed by atoms with van der Waals surface area (Å²) in [6.07, 6.45) is 3.20. The zero-order valence-corrected chi connectivity index (χ0v) is 13.2. The van der Waals surface area contributed by atoms with Crippen LogP contribution in [0.4, 0.5) is 5.69 Å². The highest BCUT2D eigenvalue weighted by Gasteiger charge is 2.22. The molecule has 0 bridgehead atoms. The van der Waals surface area contributed by atoms with Crippen molar-refractivity contribution in [2.45, 2.75) is 19.3 Å². The van der Waals surface area contributed by atoms with Crippen LogP contribution in [0.25, 0.3) is 0 Å². The molecule has 2 rings (SSSR count). The van der Waals surface area contributed by atoms with Gasteiger partial charge in [0.15, 0.2) is 0 Å². The normalized spacial score (nSPS) is 19.5. The number of piperidine rings is 1. The molecule has 0 saturated carbocycles. The Labute approximate surface area is 127 Å². The van der Waals surface area contributed by atoms with E-state index in [1.807, 2.05) is 12.1 Å². The van der Waals surface area contributed by atoms with Crippen LogP contribution in [0.1, 0.15) is 24.8 Å². The summed E-state index contributed by atoms with van der Waals surface area (Å²) in [7, 11) is 0. The molecule has 0 spiro atoms. The van der Waals surface area contributed by atoms with Gasteiger partial charge in [-0.25, -0.2) is 0 Å². The molecule has 104 valence electrons. The number of aliphatic hydroxyl groups excluding tert-OH is 1. The largest absolute Gasteiger partial charge is 0.396 e. The molecule has 0 amide bonds. The smallest absolute Gasteiger partial charge is 0.107 e. The molecule has 0 aromatic heterocycles. The Morgan fingerprint density at radius 3 is 3.00 bits per heavy atom. The molecule has 1 heterocycles. The lowest BCUT2D eigenvalue weighted by Crippen LogP contribution is -2.37. The number of nitrogens with zero attached hydrogens (tertiary/aromatic N) is 1. The van der Waals surface area contributed by atoms with Gasteiger partial charge in [0, 0.05) is 35.4 Å². The van der Waals surface area contributed by atoms with E-state index in [9.17, 15) is 0 Å². The van der Waals surface area contributed by atoms with Gasteiger partial charge in [-0.2, -0.15) is 0 Å². The molecule has 1 unspecified atom stereocenters. The number of nitrogens with two attached hydrogens (primary N) is 1. The number of thiocarbonyl (C=S) groups is 1. The highest BCUT2D eigenvalue weighted by atomic mass is 79.9. The summed E-state index contributed by atoms with van der Waals surface area (Å²) >= 11 is 8.69. The summed E-state index contributed by atoms with van der Waals surface area (Å²) in [6.45, 7) is 2.25. The number of benzene rings is 1. The molecule has 1 aromatic rings. The van der Waals surface area contributed by atoms with Crippen LogP contribution in [0.15, 0.2) is 22.7 Å². The second-order valence-corrected chi connectivity index (χ2v) is 6.26. The van der Waals surface area contributed by atoms with Crippen molar-refractivity contribution in [1.82, 2.24) is 0 Å². The van der Waals surface area contributed by atoms with Gasteiger partial charge in [-0.15, -0.1) is 0 Å². The maximum absolute atomic E-state index is 9.10. The van der Waals surface area contributed by atoms with Gasteiger partial charge >= 0.3 is 0 Å². The third kappa shape index (κ3) is 3.46. The Bertz CT molecular complexity index is 465. The van der Waals surface area contributed by atoms with Gasteiger partial charge in [0.2, 0.25) is 0 Å². The standard InChI is InChI=1S/C14H19BrN2OS/c15-11-4-1-5-12(13(11)14(16)19)17-7-2-3-10(9-17)6-8-18/h1,4-5,10,18H,2-3,6-9H2,(H2,16,19). The highest BCUT2D eigenvalue weighted by Crippen LogP contribution is 2.31. The topological polar surface area (TPSA) is 49.5 Å². The quantitative estimate of drug-likeness (QED) is 0.826. The van der Waals surface area contributed by atoms with Crippen LogP contribution in [0.3, 0.4) is 0 Å². The lowest BCUT2D eigenvalue weighted by atomic mass is 9.94. The molecule has 19 heavy (non-hydrogen) atoms. The zero-order valence-electron chi connectivity index (χ0n) is 10.8. The lowest BCUT2D eigenvalue weighted by molar-refractivity contribution is 0.244. The zero-order chi connectivity index (χ0) is 13.8. The van der Waals surface area contributed by atoms with E-state index in [0.29, 0.717) is 10.9 Å². The van der Waals surface area contributed by atoms with Crippen molar-refractivity contribution < 1.29 is 5.11 Å². The van der Waals surface area contributed by atoms with Crippen molar-refractivity contribution in [3.8, 4) is 0 Å². The summed E-state index contributed by atoms with van der Waals surface area (Å²) < 4.78 is 0.946. The van der Waals surface area contributed by atoms with E-state index in [-0.39, 0.29) is 6.61 Å². The highest BCUT2D eigenvalue weighted by molar-refractivity contribution is 9.10. The van der Waals surface area contributed by atoms with Gasteiger partial charge in [-0.3, -0.25) is 0 Å². The lowest BCUT2D eigenvalue weighted by Gasteiger charge is -2.35. The molecule has 1 aliphatic rings. The van der Waals surface area contributed by atoms with Crippen molar-refractivity contribution in [3.05, 3.63) is 28.2 Å². The Hall–Kier alpha value is -0.650. The molecular formula is C14H19BrN2OS. The minimum Gasteiger partial charge on any atom is -0.396 e. The maximum atomic E-state index is 9.10. The molecule has 1 aromatic carbocycles. The minimum absolute atomic E-state index is 0.263. The van der Waals surface area contributed by atoms with Gasteiger partial charge in [0.05, 0.1) is 0 Å². The number of hydrogen-bond donors (Lipinski definition) is 2. The van der Waals surface area contributed by atoms with Gasteiger partial charge in [-0.05, 0) is 53.2 Å². The van der Waals surface area contributed by atoms with E-state index in [2.05, 4.69) is 26.9 Å². The SMILES string of the molecule is NC(=S)c1c(Br)cccc1N1CCCC(CCO)C1. The number of aliphatic hydroxyl groups is 1. The van der Waals surface area contributed by atoms with Crippen molar-refractivity contribution in [2.75, 3.05) is 24.6 Å². The average Bonchev–Trinajstić information content (AvgIpc) is 2.38. The summed E-state index contributed by atoms with van der Waals surface area (Å²) in [5.74, 6) is 0.553. The minimum atomic E-state index is 0.263. The second kappa shape index (κ2) is 6.68. The van der Waals surface area contributed by atoms with E-state index in [4.69, 9.17) is 23.1 Å². The fourth-order valence-electron chi connectivity index (χ4n) is 2.72. The Morgan fingerprint density at radius 2 is 2.32 bits per heavy atom. The number of hydrogen-bond acceptors (Lipinski definition) is 3. The van der Waals surface area contributed by atoms with E-state index in [1.165, 1.54) is 6.42 Å². The Morgan fingerprint density at radius 1 is 1.53 bits per heavy atom. The first-order valence-corrected chi connectivity index (χ1v) is 7.77. The molecule has 3 N–H and O–H groups in total. The fraction of sp³-hybridized carbons (Fsp3) is 0.500. The summed E-state index contributed by atoms with van der Waals surface area (Å²) in [5, 5.41) is 9.10. The summed E-state index contributed by atoms with van der Waals surface area (Å²) in [5.41, 5.74) is 7.87. The van der Waals surface area contributed by atoms with Crippen molar-refractivity contribution in [1.29, 1.82) is 0 Å². The average molecular weight is 343 g/mol. The first-order chi connectivity index (χ1) is 9.13. The predicted molar refractivity (Wildman–Crippen MR) is 86.7 cm³/mol. The van der Waals surface area contributed by atoms with Crippen LogP contribution in [-0.4, -0.2) is 29.8 Å². The molecule has 1 aliphatic heterocycles. The van der Waals surface area contributed by atoms with E-state index >= 15 is 0 Å². The van der Waals surface area contributed by atoms with Crippen LogP contribution >= 0.6 is 28.1 Å². The fourth-order valence-corrected chi connectivity index (χ4v) is 3.64. The predicted octanol–water partition coefficient (Wildman–Crippen LogP) is 2.68. The first kappa shape index (κ1) is 14.8. The van der Waals surface area contributed by atoms with Crippen LogP contribution in [0, 0.1) is 5.92 Å². The molecule has 0 radical (unpaired) electrons. The Kier molecular flexibility index (Phi) is 5.19. The molecule has 1 fully saturated rings. The summed E-state index contributed by atoms with van der Waals surface area (Å²) in [6, 6.07) is 6.05. The summed E-state index contributed by atoms with van der Waals surface area (Å²) in [4.78, 5) is 2.76. The monoisotopic (exact) mass is 342 g/mol. The maximum Gasteiger partial charge on any atom is 0.107 e. The second-order valence-electron chi connectivity index (χ2n) is 4.96. The van der Waals surface area contributed by atoms with Crippen LogP contribution in [0.2, 0.25) is 0 Å². The number of halogens is 1. The van der Waals surface area contributed by atoms with Crippen molar-refractivity contribution in [3.63, 3.8) is 0 Å². The third-order valence-corrected chi connectivity index (χ3v) is 4.50. The molecule has 1 saturated heterocycles. The first-order valence-electron chi connectivity index (χ1n) is 6.57. The van der Waals surface area contributed by atoms with Gasteiger partial charge in [0.1, 0.15) is 4.99 Å². The molecule has 3 nitrogen and oxygen atoms in total. The van der Waals surface area contributed by atoms with E-state index in [1.54, 1.807) is 0 Å². The van der Waals surface area contributed by atoms with Crippen molar-refractivity contribution >= 4 is 38.8 Å². The molecule has 1 atom stereocenters. The van der Waals surface area contributed by atoms with Gasteiger partial charge in [-0.1, -0.05) is 18.3 Å². The number of rotatable bonds is 4. The number of anilines is 1. The van der Waals surface area contributed by atoms with E-state index in [0.717, 1.165) is 41.7 Å². The van der Waals surface area contributed by atoms with Crippen LogP contribution < -0.4 is 10.6 Å². The molecular weight excluding hydrogens is 324 g/mol. The molecule has 0 aliphatic carbocycles. The van der Waals surface area contributed by atoms with Gasteiger partial charge in [0.25, 0.3) is 0 Å². The molecule has 5 heteroatoms. The van der Waals surface area contributed by atoms with Crippen LogP contribution in [0.5, 0.6) is 0 Å². The van der Waals surface area contributed by atoms with Crippen molar-refractivity contribution in [2.24, 2.45) is 11.7 Å². The van der Waals surface area contributed by atoms with Gasteiger partial charge < -0.3 is 15.7 Å². The van der Waals surface area contributed by atoms with E-state index < -0.39 is 0 Å².